The highest BCUT2D eigenvalue weighted by Crippen LogP contribution is 2.31. The summed E-state index contributed by atoms with van der Waals surface area (Å²) >= 11 is 0. The summed E-state index contributed by atoms with van der Waals surface area (Å²) in [6.07, 6.45) is 7.30. The molecule has 4 heteroatoms. The van der Waals surface area contributed by atoms with Crippen molar-refractivity contribution in [2.45, 2.75) is 51.5 Å². The molecule has 3 heterocycles. The van der Waals surface area contributed by atoms with E-state index in [2.05, 4.69) is 23.1 Å². The van der Waals surface area contributed by atoms with Crippen LogP contribution in [0.2, 0.25) is 0 Å². The summed E-state index contributed by atoms with van der Waals surface area (Å²) in [5.41, 5.74) is 1.06. The molecule has 114 valence electrons. The number of pyridine rings is 1. The van der Waals surface area contributed by atoms with Gasteiger partial charge in [0.25, 0.3) is 0 Å². The number of carbonyl (C=O) groups is 1. The second-order valence-corrected chi connectivity index (χ2v) is 6.19. The maximum absolute atomic E-state index is 11.7. The third-order valence-corrected chi connectivity index (χ3v) is 4.68. The van der Waals surface area contributed by atoms with Gasteiger partial charge in [-0.05, 0) is 37.8 Å². The van der Waals surface area contributed by atoms with Crippen molar-refractivity contribution in [3.8, 4) is 0 Å². The van der Waals surface area contributed by atoms with E-state index in [1.807, 2.05) is 4.90 Å². The number of anilines is 1. The van der Waals surface area contributed by atoms with Crippen molar-refractivity contribution >= 4 is 11.7 Å². The molecule has 1 amide bonds. The SMILES string of the molecule is CC(=O)N1CCC[C@@H]1c1cccc(N2CCCCCC2)n1. The van der Waals surface area contributed by atoms with Crippen molar-refractivity contribution in [2.24, 2.45) is 0 Å². The summed E-state index contributed by atoms with van der Waals surface area (Å²) in [4.78, 5) is 21.0. The lowest BCUT2D eigenvalue weighted by molar-refractivity contribution is -0.129. The minimum Gasteiger partial charge on any atom is -0.357 e. The molecule has 1 aromatic heterocycles. The summed E-state index contributed by atoms with van der Waals surface area (Å²) in [6, 6.07) is 6.46. The van der Waals surface area contributed by atoms with E-state index < -0.39 is 0 Å². The van der Waals surface area contributed by atoms with Crippen molar-refractivity contribution in [3.05, 3.63) is 23.9 Å². The normalized spacial score (nSPS) is 23.2. The quantitative estimate of drug-likeness (QED) is 0.838. The van der Waals surface area contributed by atoms with Gasteiger partial charge in [0.2, 0.25) is 5.91 Å². The molecule has 0 spiro atoms. The predicted octanol–water partition coefficient (Wildman–Crippen LogP) is 3.15. The molecule has 4 nitrogen and oxygen atoms in total. The van der Waals surface area contributed by atoms with Crippen molar-refractivity contribution in [2.75, 3.05) is 24.5 Å². The fourth-order valence-corrected chi connectivity index (χ4v) is 3.55. The third-order valence-electron chi connectivity index (χ3n) is 4.68. The highest BCUT2D eigenvalue weighted by atomic mass is 16.2. The van der Waals surface area contributed by atoms with E-state index in [-0.39, 0.29) is 11.9 Å². The average molecular weight is 287 g/mol. The lowest BCUT2D eigenvalue weighted by Gasteiger charge is -2.26. The van der Waals surface area contributed by atoms with Crippen LogP contribution in [0, 0.1) is 0 Å². The van der Waals surface area contributed by atoms with Crippen molar-refractivity contribution < 1.29 is 4.79 Å². The first-order valence-corrected chi connectivity index (χ1v) is 8.25. The number of hydrogen-bond donors (Lipinski definition) is 0. The lowest BCUT2D eigenvalue weighted by atomic mass is 10.1. The molecule has 0 radical (unpaired) electrons. The van der Waals surface area contributed by atoms with Gasteiger partial charge in [0.05, 0.1) is 11.7 Å². The van der Waals surface area contributed by atoms with Gasteiger partial charge in [-0.3, -0.25) is 4.79 Å². The Morgan fingerprint density at radius 1 is 1.10 bits per heavy atom. The number of likely N-dealkylation sites (tertiary alicyclic amines) is 1. The lowest BCUT2D eigenvalue weighted by Crippen LogP contribution is -2.29. The molecule has 0 aliphatic carbocycles. The Morgan fingerprint density at radius 2 is 1.86 bits per heavy atom. The van der Waals surface area contributed by atoms with Crippen LogP contribution in [0.4, 0.5) is 5.82 Å². The van der Waals surface area contributed by atoms with Gasteiger partial charge in [0.15, 0.2) is 0 Å². The van der Waals surface area contributed by atoms with Crippen LogP contribution in [0.25, 0.3) is 0 Å². The molecule has 0 saturated carbocycles. The van der Waals surface area contributed by atoms with Gasteiger partial charge >= 0.3 is 0 Å². The zero-order chi connectivity index (χ0) is 14.7. The first-order valence-electron chi connectivity index (χ1n) is 8.25. The molecule has 2 saturated heterocycles. The minimum absolute atomic E-state index is 0.166. The van der Waals surface area contributed by atoms with Gasteiger partial charge in [0, 0.05) is 26.6 Å². The second-order valence-electron chi connectivity index (χ2n) is 6.19. The topological polar surface area (TPSA) is 36.4 Å². The van der Waals surface area contributed by atoms with E-state index in [1.54, 1.807) is 6.92 Å². The van der Waals surface area contributed by atoms with Gasteiger partial charge in [0.1, 0.15) is 5.82 Å². The number of carbonyl (C=O) groups excluding carboxylic acids is 1. The van der Waals surface area contributed by atoms with Crippen LogP contribution < -0.4 is 4.90 Å². The number of aromatic nitrogens is 1. The molecule has 2 aliphatic rings. The van der Waals surface area contributed by atoms with Crippen molar-refractivity contribution in [1.82, 2.24) is 9.88 Å². The summed E-state index contributed by atoms with van der Waals surface area (Å²) in [7, 11) is 0. The highest BCUT2D eigenvalue weighted by molar-refractivity contribution is 5.74. The van der Waals surface area contributed by atoms with E-state index in [0.29, 0.717) is 0 Å². The van der Waals surface area contributed by atoms with E-state index >= 15 is 0 Å². The van der Waals surface area contributed by atoms with E-state index in [1.165, 1.54) is 25.7 Å². The molecule has 0 N–H and O–H groups in total. The van der Waals surface area contributed by atoms with Crippen LogP contribution in [-0.2, 0) is 4.79 Å². The fraction of sp³-hybridized carbons (Fsp3) is 0.647. The Labute approximate surface area is 127 Å². The molecule has 0 bridgehead atoms. The van der Waals surface area contributed by atoms with Gasteiger partial charge < -0.3 is 9.80 Å². The van der Waals surface area contributed by atoms with Crippen molar-refractivity contribution in [1.29, 1.82) is 0 Å². The van der Waals surface area contributed by atoms with Crippen LogP contribution in [0.1, 0.15) is 57.2 Å². The van der Waals surface area contributed by atoms with Crippen LogP contribution in [0.15, 0.2) is 18.2 Å². The average Bonchev–Trinajstić information content (AvgIpc) is 2.83. The highest BCUT2D eigenvalue weighted by Gasteiger charge is 2.29. The maximum atomic E-state index is 11.7. The van der Waals surface area contributed by atoms with Gasteiger partial charge in [-0.1, -0.05) is 18.9 Å². The Hall–Kier alpha value is -1.58. The second kappa shape index (κ2) is 6.46. The zero-order valence-electron chi connectivity index (χ0n) is 12.9. The molecule has 0 aromatic carbocycles. The molecule has 1 aromatic rings. The van der Waals surface area contributed by atoms with Gasteiger partial charge in [-0.15, -0.1) is 0 Å². The molecule has 21 heavy (non-hydrogen) atoms. The van der Waals surface area contributed by atoms with Crippen molar-refractivity contribution in [3.63, 3.8) is 0 Å². The standard InChI is InChI=1S/C17H25N3O/c1-14(21)20-13-7-9-16(20)15-8-6-10-17(18-15)19-11-4-2-3-5-12-19/h6,8,10,16H,2-5,7,9,11-13H2,1H3/t16-/m1/s1. The Morgan fingerprint density at radius 3 is 2.57 bits per heavy atom. The third kappa shape index (κ3) is 3.20. The molecule has 2 fully saturated rings. The van der Waals surface area contributed by atoms with Gasteiger partial charge in [-0.25, -0.2) is 4.98 Å². The van der Waals surface area contributed by atoms with Gasteiger partial charge in [-0.2, -0.15) is 0 Å². The number of amides is 1. The number of hydrogen-bond acceptors (Lipinski definition) is 3. The summed E-state index contributed by atoms with van der Waals surface area (Å²) in [6.45, 7) is 4.75. The Kier molecular flexibility index (Phi) is 4.42. The molecule has 1 atom stereocenters. The summed E-state index contributed by atoms with van der Waals surface area (Å²) in [5, 5.41) is 0. The molecule has 0 unspecified atom stereocenters. The Balaban J connectivity index is 1.80. The Bertz CT molecular complexity index is 495. The predicted molar refractivity (Wildman–Crippen MR) is 84.3 cm³/mol. The van der Waals surface area contributed by atoms with E-state index in [9.17, 15) is 4.79 Å². The maximum Gasteiger partial charge on any atom is 0.220 e. The summed E-state index contributed by atoms with van der Waals surface area (Å²) in [5.74, 6) is 1.25. The first-order chi connectivity index (χ1) is 10.3. The zero-order valence-corrected chi connectivity index (χ0v) is 12.9. The molecular formula is C17H25N3O. The van der Waals surface area contributed by atoms with Crippen LogP contribution >= 0.6 is 0 Å². The van der Waals surface area contributed by atoms with E-state index in [4.69, 9.17) is 4.98 Å². The van der Waals surface area contributed by atoms with Crippen LogP contribution in [0.3, 0.4) is 0 Å². The minimum atomic E-state index is 0.166. The number of rotatable bonds is 2. The fourth-order valence-electron chi connectivity index (χ4n) is 3.55. The smallest absolute Gasteiger partial charge is 0.220 e. The largest absolute Gasteiger partial charge is 0.357 e. The monoisotopic (exact) mass is 287 g/mol. The molecule has 3 rings (SSSR count). The molecular weight excluding hydrogens is 262 g/mol. The van der Waals surface area contributed by atoms with Crippen LogP contribution in [-0.4, -0.2) is 35.4 Å². The first kappa shape index (κ1) is 14.4. The molecule has 2 aliphatic heterocycles. The van der Waals surface area contributed by atoms with Crippen LogP contribution in [0.5, 0.6) is 0 Å². The van der Waals surface area contributed by atoms with E-state index in [0.717, 1.165) is 44.0 Å². The number of nitrogens with zero attached hydrogens (tertiary/aromatic N) is 3. The summed E-state index contributed by atoms with van der Waals surface area (Å²) < 4.78 is 0.